The molecule has 0 spiro atoms. The summed E-state index contributed by atoms with van der Waals surface area (Å²) in [6, 6.07) is 0. The van der Waals surface area contributed by atoms with Crippen LogP contribution in [0.4, 0.5) is 0 Å². The number of rotatable bonds is 13. The van der Waals surface area contributed by atoms with Crippen LogP contribution in [0.2, 0.25) is 0 Å². The van der Waals surface area contributed by atoms with Gasteiger partial charge in [0.15, 0.2) is 6.29 Å². The van der Waals surface area contributed by atoms with E-state index in [0.717, 1.165) is 19.3 Å². The van der Waals surface area contributed by atoms with E-state index in [1.54, 1.807) is 0 Å². The van der Waals surface area contributed by atoms with Crippen molar-refractivity contribution in [3.8, 4) is 0 Å². The third kappa shape index (κ3) is 8.72. The van der Waals surface area contributed by atoms with Crippen molar-refractivity contribution in [2.45, 2.75) is 59.7 Å². The highest BCUT2D eigenvalue weighted by atomic mass is 28.4. The van der Waals surface area contributed by atoms with Gasteiger partial charge in [0.05, 0.1) is 0 Å². The monoisotopic (exact) mass is 294 g/mol. The van der Waals surface area contributed by atoms with Gasteiger partial charge in [-0.05, 0) is 25.7 Å². The number of hydrogen-bond acceptors (Lipinski definition) is 5. The van der Waals surface area contributed by atoms with Crippen LogP contribution in [0.5, 0.6) is 0 Å². The first kappa shape index (κ1) is 19.0. The molecule has 6 heteroatoms. The zero-order valence-electron chi connectivity index (χ0n) is 12.8. The van der Waals surface area contributed by atoms with Crippen molar-refractivity contribution in [2.24, 2.45) is 0 Å². The largest absolute Gasteiger partial charge is 0.528 e. The fraction of sp³-hybridized carbons (Fsp3) is 1.00. The molecule has 0 aliphatic carbocycles. The van der Waals surface area contributed by atoms with E-state index in [9.17, 15) is 5.11 Å². The summed E-state index contributed by atoms with van der Waals surface area (Å²) in [4.78, 5) is 0. The van der Waals surface area contributed by atoms with Crippen LogP contribution in [0, 0.1) is 0 Å². The first-order valence-corrected chi connectivity index (χ1v) is 9.28. The first-order chi connectivity index (χ1) is 9.14. The van der Waals surface area contributed by atoms with E-state index >= 15 is 0 Å². The van der Waals surface area contributed by atoms with E-state index < -0.39 is 15.1 Å². The van der Waals surface area contributed by atoms with E-state index in [2.05, 4.69) is 0 Å². The molecule has 0 amide bonds. The summed E-state index contributed by atoms with van der Waals surface area (Å²) >= 11 is 0. The van der Waals surface area contributed by atoms with Crippen LogP contribution >= 0.6 is 0 Å². The lowest BCUT2D eigenvalue weighted by molar-refractivity contribution is -0.104. The highest BCUT2D eigenvalue weighted by molar-refractivity contribution is 6.60. The summed E-state index contributed by atoms with van der Waals surface area (Å²) in [5.74, 6) is 0. The van der Waals surface area contributed by atoms with Gasteiger partial charge in [0.1, 0.15) is 6.23 Å². The molecule has 0 aromatic carbocycles. The summed E-state index contributed by atoms with van der Waals surface area (Å²) in [6.45, 7) is 9.75. The minimum absolute atomic E-state index is 0.210. The van der Waals surface area contributed by atoms with Crippen molar-refractivity contribution >= 4 is 8.80 Å². The van der Waals surface area contributed by atoms with Crippen LogP contribution in [0.1, 0.15) is 53.4 Å². The van der Waals surface area contributed by atoms with Gasteiger partial charge in [-0.3, -0.25) is 0 Å². The van der Waals surface area contributed by atoms with Crippen molar-refractivity contribution in [3.63, 3.8) is 0 Å². The molecule has 0 heterocycles. The van der Waals surface area contributed by atoms with Gasteiger partial charge in [0.25, 0.3) is 0 Å². The Labute approximate surface area is 118 Å². The second-order valence-electron chi connectivity index (χ2n) is 4.40. The molecule has 0 aromatic heterocycles. The number of aliphatic hydroxyl groups is 1. The second kappa shape index (κ2) is 11.8. The van der Waals surface area contributed by atoms with E-state index in [1.165, 1.54) is 0 Å². The van der Waals surface area contributed by atoms with Crippen molar-refractivity contribution in [1.82, 2.24) is 0 Å². The van der Waals surface area contributed by atoms with Crippen LogP contribution in [-0.2, 0) is 18.0 Å². The Morgan fingerprint density at radius 1 is 0.842 bits per heavy atom. The van der Waals surface area contributed by atoms with Crippen LogP contribution in [0.3, 0.4) is 0 Å². The smallest absolute Gasteiger partial charge is 0.372 e. The molecule has 5 nitrogen and oxygen atoms in total. The van der Waals surface area contributed by atoms with Crippen molar-refractivity contribution in [2.75, 3.05) is 26.1 Å². The maximum Gasteiger partial charge on any atom is 0.528 e. The van der Waals surface area contributed by atoms with Crippen LogP contribution in [-0.4, -0.2) is 46.3 Å². The molecular formula is C13H30O5Si. The number of aliphatic hydroxyl groups excluding tert-OH is 1. The Morgan fingerprint density at radius 2 is 1.26 bits per heavy atom. The van der Waals surface area contributed by atoms with Gasteiger partial charge in [-0.15, -0.1) is 0 Å². The average Bonchev–Trinajstić information content (AvgIpc) is 2.45. The van der Waals surface area contributed by atoms with Crippen molar-refractivity contribution < 1.29 is 23.1 Å². The molecular weight excluding hydrogens is 264 g/mol. The molecule has 0 rings (SSSR count). The minimum Gasteiger partial charge on any atom is -0.372 e. The molecule has 0 aliphatic rings. The molecule has 0 aliphatic heterocycles. The zero-order chi connectivity index (χ0) is 14.6. The third-order valence-corrected chi connectivity index (χ3v) is 4.83. The Bertz CT molecular complexity index is 182. The summed E-state index contributed by atoms with van der Waals surface area (Å²) in [5, 5.41) is 9.53. The van der Waals surface area contributed by atoms with Gasteiger partial charge in [0.2, 0.25) is 0 Å². The van der Waals surface area contributed by atoms with Crippen molar-refractivity contribution in [3.05, 3.63) is 0 Å². The Hall–Kier alpha value is 0.0169. The molecule has 0 fully saturated rings. The van der Waals surface area contributed by atoms with Crippen LogP contribution in [0.15, 0.2) is 0 Å². The second-order valence-corrected chi connectivity index (χ2v) is 6.92. The van der Waals surface area contributed by atoms with E-state index in [4.69, 9.17) is 18.0 Å². The van der Waals surface area contributed by atoms with Gasteiger partial charge < -0.3 is 23.1 Å². The lowest BCUT2D eigenvalue weighted by Gasteiger charge is -2.30. The maximum atomic E-state index is 9.53. The molecule has 0 aromatic rings. The van der Waals surface area contributed by atoms with E-state index in [-0.39, 0.29) is 6.23 Å². The lowest BCUT2D eigenvalue weighted by Crippen LogP contribution is -2.52. The van der Waals surface area contributed by atoms with Crippen LogP contribution in [0.25, 0.3) is 0 Å². The molecule has 1 N–H and O–H groups in total. The van der Waals surface area contributed by atoms with Gasteiger partial charge in [0, 0.05) is 19.8 Å². The number of ether oxygens (including phenoxy) is 1. The fourth-order valence-corrected chi connectivity index (χ4v) is 3.78. The summed E-state index contributed by atoms with van der Waals surface area (Å²) in [7, 11) is -2.82. The quantitative estimate of drug-likeness (QED) is 0.418. The predicted octanol–water partition coefficient (Wildman–Crippen LogP) is 2.49. The normalized spacial score (nSPS) is 13.7. The zero-order valence-corrected chi connectivity index (χ0v) is 13.8. The highest BCUT2D eigenvalue weighted by Gasteiger charge is 2.42. The molecule has 1 atom stereocenters. The van der Waals surface area contributed by atoms with Crippen LogP contribution < -0.4 is 0 Å². The predicted molar refractivity (Wildman–Crippen MR) is 76.7 cm³/mol. The third-order valence-electron chi connectivity index (χ3n) is 2.38. The summed E-state index contributed by atoms with van der Waals surface area (Å²) in [6.07, 6.45) is 2.66. The van der Waals surface area contributed by atoms with Gasteiger partial charge >= 0.3 is 8.80 Å². The molecule has 0 saturated carbocycles. The molecule has 116 valence electrons. The molecule has 0 bridgehead atoms. The summed E-state index contributed by atoms with van der Waals surface area (Å²) < 4.78 is 22.9. The summed E-state index contributed by atoms with van der Waals surface area (Å²) in [5.41, 5.74) is 0. The Morgan fingerprint density at radius 3 is 1.58 bits per heavy atom. The molecule has 0 saturated heterocycles. The van der Waals surface area contributed by atoms with Gasteiger partial charge in [-0.25, -0.2) is 0 Å². The average molecular weight is 294 g/mol. The molecule has 1 unspecified atom stereocenters. The Kier molecular flexibility index (Phi) is 11.8. The highest BCUT2D eigenvalue weighted by Crippen LogP contribution is 2.14. The molecule has 0 radical (unpaired) electrons. The standard InChI is InChI=1S/C13H30O5Si/c1-5-9-16-19(17-10-6-2,18-11-7-3)12-15-13(14)8-4/h13-14H,5-12H2,1-4H3. The molecule has 19 heavy (non-hydrogen) atoms. The van der Waals surface area contributed by atoms with Gasteiger partial charge in [-0.1, -0.05) is 27.7 Å². The van der Waals surface area contributed by atoms with Crippen molar-refractivity contribution in [1.29, 1.82) is 0 Å². The maximum absolute atomic E-state index is 9.53. The van der Waals surface area contributed by atoms with E-state index in [1.807, 2.05) is 27.7 Å². The minimum atomic E-state index is -2.82. The SMILES string of the molecule is CCCO[Si](COC(O)CC)(OCCC)OCCC. The van der Waals surface area contributed by atoms with Gasteiger partial charge in [-0.2, -0.15) is 0 Å². The Balaban J connectivity index is 4.56. The first-order valence-electron chi connectivity index (χ1n) is 7.35. The van der Waals surface area contributed by atoms with E-state index in [0.29, 0.717) is 26.2 Å². The topological polar surface area (TPSA) is 57.2 Å². The number of hydrogen-bond donors (Lipinski definition) is 1. The fourth-order valence-electron chi connectivity index (χ4n) is 1.34. The lowest BCUT2D eigenvalue weighted by atomic mass is 10.5.